The highest BCUT2D eigenvalue weighted by molar-refractivity contribution is 6.03. The van der Waals surface area contributed by atoms with Gasteiger partial charge in [-0.3, -0.25) is 19.2 Å². The van der Waals surface area contributed by atoms with Gasteiger partial charge in [0.1, 0.15) is 0 Å². The molecule has 0 spiro atoms. The van der Waals surface area contributed by atoms with Crippen LogP contribution in [0.5, 0.6) is 0 Å². The van der Waals surface area contributed by atoms with Gasteiger partial charge in [-0.25, -0.2) is 0 Å². The number of benzene rings is 2. The van der Waals surface area contributed by atoms with E-state index < -0.39 is 24.0 Å². The molecule has 9 nitrogen and oxygen atoms in total. The van der Waals surface area contributed by atoms with Crippen LogP contribution in [0.4, 0.5) is 11.4 Å². The van der Waals surface area contributed by atoms with E-state index >= 15 is 0 Å². The topological polar surface area (TPSA) is 119 Å². The van der Waals surface area contributed by atoms with Crippen molar-refractivity contribution < 1.29 is 24.3 Å². The average Bonchev–Trinajstić information content (AvgIpc) is 3.83. The standard InChI is InChI=1S/C35H44N4O5/c1-22(34(43)36-29-18-24-11-12-25(29)16-24)15-31(40)30(17-23-7-3-2-4-8-23)37-35(44)26-19-27(38-13-5-9-32(38)41)21-28(20-26)39-14-6-10-33(39)42/h2-4,7-8,19-22,24-25,29-31,40H,5-6,9-18H2,1H3,(H,36,43)(H,37,44). The Hall–Kier alpha value is -3.72. The van der Waals surface area contributed by atoms with E-state index in [1.54, 1.807) is 21.9 Å². The fraction of sp³-hybridized carbons (Fsp3) is 0.543. The zero-order valence-electron chi connectivity index (χ0n) is 25.5. The Morgan fingerprint density at radius 2 is 1.59 bits per heavy atom. The van der Waals surface area contributed by atoms with Gasteiger partial charge in [0, 0.05) is 54.8 Å². The van der Waals surface area contributed by atoms with Crippen LogP contribution in [0.25, 0.3) is 0 Å². The Balaban J connectivity index is 1.20. The van der Waals surface area contributed by atoms with Crippen LogP contribution >= 0.6 is 0 Å². The largest absolute Gasteiger partial charge is 0.391 e. The van der Waals surface area contributed by atoms with Crippen molar-refractivity contribution in [3.63, 3.8) is 0 Å². The van der Waals surface area contributed by atoms with Gasteiger partial charge in [-0.05, 0) is 80.5 Å². The molecule has 2 saturated heterocycles. The van der Waals surface area contributed by atoms with Gasteiger partial charge < -0.3 is 25.5 Å². The third kappa shape index (κ3) is 6.67. The average molecular weight is 601 g/mol. The van der Waals surface area contributed by atoms with Crippen LogP contribution in [0.15, 0.2) is 48.5 Å². The van der Waals surface area contributed by atoms with Gasteiger partial charge in [0.05, 0.1) is 12.1 Å². The van der Waals surface area contributed by atoms with Crippen LogP contribution in [-0.4, -0.2) is 60.0 Å². The van der Waals surface area contributed by atoms with Gasteiger partial charge in [0.15, 0.2) is 0 Å². The number of fused-ring (bicyclic) bond motifs is 2. The molecule has 2 bridgehead atoms. The molecule has 0 radical (unpaired) electrons. The highest BCUT2D eigenvalue weighted by atomic mass is 16.3. The molecule has 6 unspecified atom stereocenters. The predicted octanol–water partition coefficient (Wildman–Crippen LogP) is 3.97. The highest BCUT2D eigenvalue weighted by Gasteiger charge is 2.40. The number of nitrogens with zero attached hydrogens (tertiary/aromatic N) is 2. The van der Waals surface area contributed by atoms with Crippen LogP contribution < -0.4 is 20.4 Å². The molecule has 2 aromatic rings. The number of aliphatic hydroxyl groups excluding tert-OH is 1. The van der Waals surface area contributed by atoms with E-state index in [9.17, 15) is 24.3 Å². The summed E-state index contributed by atoms with van der Waals surface area (Å²) in [5.74, 6) is 0.422. The number of hydrogen-bond acceptors (Lipinski definition) is 5. The van der Waals surface area contributed by atoms with Crippen LogP contribution in [0, 0.1) is 17.8 Å². The lowest BCUT2D eigenvalue weighted by atomic mass is 9.91. The van der Waals surface area contributed by atoms with Crippen molar-refractivity contribution in [1.82, 2.24) is 10.6 Å². The molecule has 0 aromatic heterocycles. The molecule has 44 heavy (non-hydrogen) atoms. The number of amides is 4. The van der Waals surface area contributed by atoms with E-state index in [1.165, 1.54) is 19.3 Å². The SMILES string of the molecule is CC(CC(O)C(Cc1ccccc1)NC(=O)c1cc(N2CCCC2=O)cc(N2CCCC2=O)c1)C(=O)NC1CC2CCC1C2. The minimum atomic E-state index is -0.970. The quantitative estimate of drug-likeness (QED) is 0.361. The number of nitrogens with one attached hydrogen (secondary N) is 2. The van der Waals surface area contributed by atoms with Crippen molar-refractivity contribution in [2.24, 2.45) is 17.8 Å². The van der Waals surface area contributed by atoms with Crippen molar-refractivity contribution >= 4 is 35.0 Å². The van der Waals surface area contributed by atoms with Crippen molar-refractivity contribution in [1.29, 1.82) is 0 Å². The zero-order valence-corrected chi connectivity index (χ0v) is 25.5. The second kappa shape index (κ2) is 13.1. The molecule has 4 fully saturated rings. The van der Waals surface area contributed by atoms with Crippen LogP contribution in [0.1, 0.15) is 80.6 Å². The molecule has 9 heteroatoms. The normalized spacial score (nSPS) is 24.9. The van der Waals surface area contributed by atoms with Crippen LogP contribution in [-0.2, 0) is 20.8 Å². The van der Waals surface area contributed by atoms with Crippen LogP contribution in [0.2, 0.25) is 0 Å². The van der Waals surface area contributed by atoms with E-state index in [-0.39, 0.29) is 30.2 Å². The molecule has 4 aliphatic rings. The molecule has 2 heterocycles. The molecule has 234 valence electrons. The second-order valence-electron chi connectivity index (χ2n) is 13.3. The summed E-state index contributed by atoms with van der Waals surface area (Å²) < 4.78 is 0. The lowest BCUT2D eigenvalue weighted by Crippen LogP contribution is -2.47. The van der Waals surface area contributed by atoms with Crippen molar-refractivity contribution in [2.75, 3.05) is 22.9 Å². The Labute approximate surface area is 259 Å². The maximum Gasteiger partial charge on any atom is 0.251 e. The Morgan fingerprint density at radius 1 is 0.932 bits per heavy atom. The zero-order chi connectivity index (χ0) is 30.8. The number of carbonyl (C=O) groups excluding carboxylic acids is 4. The van der Waals surface area contributed by atoms with E-state index in [1.807, 2.05) is 43.3 Å². The third-order valence-corrected chi connectivity index (χ3v) is 10.1. The Kier molecular flexibility index (Phi) is 9.03. The summed E-state index contributed by atoms with van der Waals surface area (Å²) in [4.78, 5) is 55.6. The van der Waals surface area contributed by atoms with Crippen molar-refractivity contribution in [3.8, 4) is 0 Å². The maximum absolute atomic E-state index is 13.9. The summed E-state index contributed by atoms with van der Waals surface area (Å²) in [7, 11) is 0. The molecular weight excluding hydrogens is 556 g/mol. The molecule has 2 aliphatic heterocycles. The summed E-state index contributed by atoms with van der Waals surface area (Å²) in [5, 5.41) is 17.8. The molecule has 6 rings (SSSR count). The minimum absolute atomic E-state index is 0.00340. The second-order valence-corrected chi connectivity index (χ2v) is 13.3. The molecule has 6 atom stereocenters. The lowest BCUT2D eigenvalue weighted by Gasteiger charge is -2.28. The number of rotatable bonds is 11. The molecule has 2 aromatic carbocycles. The lowest BCUT2D eigenvalue weighted by molar-refractivity contribution is -0.126. The van der Waals surface area contributed by atoms with Gasteiger partial charge >= 0.3 is 0 Å². The Bertz CT molecular complexity index is 1350. The first-order valence-corrected chi connectivity index (χ1v) is 16.3. The van der Waals surface area contributed by atoms with Crippen LogP contribution in [0.3, 0.4) is 0 Å². The molecular formula is C35H44N4O5. The number of carbonyl (C=O) groups is 4. The molecule has 3 N–H and O–H groups in total. The summed E-state index contributed by atoms with van der Waals surface area (Å²) in [6.45, 7) is 2.97. The summed E-state index contributed by atoms with van der Waals surface area (Å²) in [6, 6.07) is 14.4. The van der Waals surface area contributed by atoms with Gasteiger partial charge in [-0.1, -0.05) is 43.7 Å². The summed E-state index contributed by atoms with van der Waals surface area (Å²) in [6.07, 6.45) is 6.70. The van der Waals surface area contributed by atoms with E-state index in [0.29, 0.717) is 55.2 Å². The van der Waals surface area contributed by atoms with Gasteiger partial charge in [-0.2, -0.15) is 0 Å². The Morgan fingerprint density at radius 3 is 2.14 bits per heavy atom. The molecule has 4 amide bonds. The number of anilines is 2. The fourth-order valence-electron chi connectivity index (χ4n) is 7.66. The first-order valence-electron chi connectivity index (χ1n) is 16.3. The van der Waals surface area contributed by atoms with Gasteiger partial charge in [0.25, 0.3) is 5.91 Å². The first kappa shape index (κ1) is 30.3. The third-order valence-electron chi connectivity index (χ3n) is 10.1. The predicted molar refractivity (Wildman–Crippen MR) is 168 cm³/mol. The van der Waals surface area contributed by atoms with E-state index in [0.717, 1.165) is 30.7 Å². The molecule has 2 aliphatic carbocycles. The summed E-state index contributed by atoms with van der Waals surface area (Å²) >= 11 is 0. The van der Waals surface area contributed by atoms with Crippen molar-refractivity contribution in [2.45, 2.75) is 89.3 Å². The number of aliphatic hydroxyl groups is 1. The molecule has 2 saturated carbocycles. The highest BCUT2D eigenvalue weighted by Crippen LogP contribution is 2.44. The monoisotopic (exact) mass is 600 g/mol. The van der Waals surface area contributed by atoms with Gasteiger partial charge in [0.2, 0.25) is 17.7 Å². The van der Waals surface area contributed by atoms with Crippen molar-refractivity contribution in [3.05, 3.63) is 59.7 Å². The maximum atomic E-state index is 13.9. The van der Waals surface area contributed by atoms with E-state index in [2.05, 4.69) is 10.6 Å². The smallest absolute Gasteiger partial charge is 0.251 e. The van der Waals surface area contributed by atoms with E-state index in [4.69, 9.17) is 0 Å². The first-order chi connectivity index (χ1) is 21.2. The number of hydrogen-bond donors (Lipinski definition) is 3. The summed E-state index contributed by atoms with van der Waals surface area (Å²) in [5.41, 5.74) is 2.47. The minimum Gasteiger partial charge on any atom is -0.391 e. The van der Waals surface area contributed by atoms with Gasteiger partial charge in [-0.15, -0.1) is 0 Å². The fourth-order valence-corrected chi connectivity index (χ4v) is 7.66.